The van der Waals surface area contributed by atoms with E-state index in [2.05, 4.69) is 48.5 Å². The van der Waals surface area contributed by atoms with Gasteiger partial charge in [-0.2, -0.15) is 0 Å². The molecule has 1 aromatic rings. The quantitative estimate of drug-likeness (QED) is 0.0258. The number of likely N-dealkylation sites (N-methyl/N-ethyl adjacent to an activating group) is 1. The number of rotatable bonds is 18. The number of ether oxygens (including phenoxy) is 1. The molecule has 0 spiro atoms. The number of allylic oxidation sites excluding steroid dienone is 2. The SMILES string of the molecule is C=C1C(=O)N[C@H](C)C(=O)N[C@@H](CCCN=C(N)N)C(=O)NC(CC(=O)O)C(=O)N[C@@H](CCCN=C(N)N)C(=O)NC(/C=C/C(C)=C/[C@H](C)[C@H](Cc2ccccc2)OC)[C@H](C)C(=O)N[C@@H](C(=O)O)CCC(=O)N1C. The standard InChI is InChI=1S/C48H73N13O12/c1-26(23-27(2)37(73-7)24-31-13-9-8-10-14-31)17-18-32-28(3)40(65)59-35(46(71)72)19-20-38(62)61(6)30(5)42(67)55-29(4)41(66)57-33(15-11-21-53-47(49)50)44(69)60-36(25-39(63)64)45(70)58-34(43(68)56-32)16-12-22-54-48(51)52/h8-10,13-14,17-18,23,27-29,32-37H,5,11-12,15-16,19-22,24-25H2,1-4,6-7H3,(H,55,67)(H,56,68)(H,57,66)(H,58,70)(H,59,65)(H,60,69)(H,63,64)(H,71,72)(H4,49,50,53)(H4,51,52,54)/b18-17+,26-23+/t27-,28-,29+,32?,33-,34-,35+,36?,37-/m0/s1. The number of hydrogen-bond acceptors (Lipinski definition) is 12. The van der Waals surface area contributed by atoms with Gasteiger partial charge >= 0.3 is 11.9 Å². The van der Waals surface area contributed by atoms with Crippen LogP contribution in [0.15, 0.2) is 76.4 Å². The van der Waals surface area contributed by atoms with Gasteiger partial charge in [0.2, 0.25) is 35.4 Å². The molecule has 1 aromatic carbocycles. The fourth-order valence-electron chi connectivity index (χ4n) is 7.35. The van der Waals surface area contributed by atoms with Crippen molar-refractivity contribution in [2.75, 3.05) is 27.2 Å². The second-order valence-corrected chi connectivity index (χ2v) is 17.6. The Morgan fingerprint density at radius 2 is 1.34 bits per heavy atom. The second-order valence-electron chi connectivity index (χ2n) is 17.6. The number of nitrogens with two attached hydrogens (primary N) is 4. The number of benzene rings is 1. The summed E-state index contributed by atoms with van der Waals surface area (Å²) >= 11 is 0. The van der Waals surface area contributed by atoms with Gasteiger partial charge in [-0.1, -0.05) is 74.6 Å². The molecule has 402 valence electrons. The lowest BCUT2D eigenvalue weighted by Crippen LogP contribution is -2.59. The molecule has 0 saturated carbocycles. The van der Waals surface area contributed by atoms with E-state index in [0.29, 0.717) is 12.0 Å². The Morgan fingerprint density at radius 3 is 1.88 bits per heavy atom. The van der Waals surface area contributed by atoms with Crippen LogP contribution in [0.4, 0.5) is 0 Å². The molecule has 2 unspecified atom stereocenters. The summed E-state index contributed by atoms with van der Waals surface area (Å²) in [5.74, 6) is -11.5. The Hall–Kier alpha value is -7.83. The van der Waals surface area contributed by atoms with Crippen LogP contribution in [0.2, 0.25) is 0 Å². The molecule has 1 fully saturated rings. The molecule has 73 heavy (non-hydrogen) atoms. The number of nitrogens with zero attached hydrogens (tertiary/aromatic N) is 3. The number of amides is 7. The van der Waals surface area contributed by atoms with Gasteiger partial charge in [0.25, 0.3) is 5.91 Å². The zero-order valence-electron chi connectivity index (χ0n) is 42.2. The summed E-state index contributed by atoms with van der Waals surface area (Å²) in [6.45, 7) is 10.0. The van der Waals surface area contributed by atoms with Gasteiger partial charge in [0, 0.05) is 39.6 Å². The van der Waals surface area contributed by atoms with Crippen molar-refractivity contribution in [1.29, 1.82) is 0 Å². The molecular formula is C48H73N13O12. The number of carbonyl (C=O) groups excluding carboxylic acids is 7. The Balaban J connectivity index is 2.76. The van der Waals surface area contributed by atoms with E-state index >= 15 is 0 Å². The first-order valence-corrected chi connectivity index (χ1v) is 23.6. The van der Waals surface area contributed by atoms with E-state index in [-0.39, 0.29) is 62.7 Å². The van der Waals surface area contributed by atoms with Crippen molar-refractivity contribution < 1.29 is 58.1 Å². The van der Waals surface area contributed by atoms with Gasteiger partial charge < -0.3 is 74.7 Å². The first-order valence-electron chi connectivity index (χ1n) is 23.6. The number of aliphatic imine (C=N–C) groups is 2. The Kier molecular flexibility index (Phi) is 25.9. The number of carbonyl (C=O) groups is 9. The van der Waals surface area contributed by atoms with Crippen LogP contribution in [0.1, 0.15) is 78.2 Å². The van der Waals surface area contributed by atoms with Gasteiger partial charge in [0.05, 0.1) is 24.5 Å². The summed E-state index contributed by atoms with van der Waals surface area (Å²) in [7, 11) is 2.79. The molecule has 2 rings (SSSR count). The molecule has 0 bridgehead atoms. The molecule has 1 aliphatic heterocycles. The minimum atomic E-state index is -1.85. The van der Waals surface area contributed by atoms with E-state index in [9.17, 15) is 53.4 Å². The zero-order chi connectivity index (χ0) is 54.9. The van der Waals surface area contributed by atoms with Crippen molar-refractivity contribution in [3.8, 4) is 0 Å². The van der Waals surface area contributed by atoms with Crippen LogP contribution in [-0.4, -0.2) is 150 Å². The number of methoxy groups -OCH3 is 1. The fraction of sp³-hybridized carbons (Fsp3) is 0.521. The summed E-state index contributed by atoms with van der Waals surface area (Å²) in [5, 5.41) is 34.9. The summed E-state index contributed by atoms with van der Waals surface area (Å²) < 4.78 is 5.81. The van der Waals surface area contributed by atoms with Crippen LogP contribution < -0.4 is 54.8 Å². The molecule has 0 aliphatic carbocycles. The lowest BCUT2D eigenvalue weighted by molar-refractivity contribution is -0.143. The maximum atomic E-state index is 14.4. The zero-order valence-corrected chi connectivity index (χ0v) is 42.2. The van der Waals surface area contributed by atoms with Crippen molar-refractivity contribution in [2.24, 2.45) is 44.8 Å². The number of aliphatic carboxylic acids is 2. The Bertz CT molecular complexity index is 2250. The van der Waals surface area contributed by atoms with E-state index in [4.69, 9.17) is 27.7 Å². The van der Waals surface area contributed by atoms with Crippen molar-refractivity contribution in [1.82, 2.24) is 36.8 Å². The molecule has 1 saturated heterocycles. The molecule has 0 aromatic heterocycles. The minimum Gasteiger partial charge on any atom is -0.481 e. The van der Waals surface area contributed by atoms with Gasteiger partial charge in [0.1, 0.15) is 35.9 Å². The molecule has 1 heterocycles. The van der Waals surface area contributed by atoms with E-state index in [1.807, 2.05) is 43.3 Å². The highest BCUT2D eigenvalue weighted by atomic mass is 16.5. The van der Waals surface area contributed by atoms with Crippen LogP contribution in [0.5, 0.6) is 0 Å². The van der Waals surface area contributed by atoms with Crippen molar-refractivity contribution >= 4 is 65.2 Å². The lowest BCUT2D eigenvalue weighted by atomic mass is 9.94. The number of nitrogens with one attached hydrogen (secondary N) is 6. The summed E-state index contributed by atoms with van der Waals surface area (Å²) in [5.41, 5.74) is 23.2. The van der Waals surface area contributed by atoms with E-state index < -0.39 is 120 Å². The molecule has 25 nitrogen and oxygen atoms in total. The number of carboxylic acid groups (broad SMARTS) is 2. The van der Waals surface area contributed by atoms with Gasteiger partial charge in [-0.3, -0.25) is 48.3 Å². The van der Waals surface area contributed by atoms with Gasteiger partial charge in [-0.05, 0) is 57.9 Å². The molecule has 25 heteroatoms. The summed E-state index contributed by atoms with van der Waals surface area (Å²) in [6, 6.07) is 0.650. The Labute approximate surface area is 424 Å². The van der Waals surface area contributed by atoms with Crippen LogP contribution >= 0.6 is 0 Å². The number of guanidine groups is 2. The maximum Gasteiger partial charge on any atom is 0.326 e. The van der Waals surface area contributed by atoms with E-state index in [1.54, 1.807) is 20.1 Å². The largest absolute Gasteiger partial charge is 0.481 e. The third kappa shape index (κ3) is 22.0. The van der Waals surface area contributed by atoms with Crippen LogP contribution in [0, 0.1) is 11.8 Å². The summed E-state index contributed by atoms with van der Waals surface area (Å²) in [6.07, 6.45) is 3.31. The second kappa shape index (κ2) is 30.8. The first-order chi connectivity index (χ1) is 34.3. The van der Waals surface area contributed by atoms with Gasteiger partial charge in [0.15, 0.2) is 11.9 Å². The third-order valence-electron chi connectivity index (χ3n) is 11.7. The minimum absolute atomic E-state index is 0.00810. The van der Waals surface area contributed by atoms with Gasteiger partial charge in [-0.25, -0.2) is 4.79 Å². The predicted octanol–water partition coefficient (Wildman–Crippen LogP) is -1.62. The molecule has 9 atom stereocenters. The normalized spacial score (nSPS) is 23.6. The smallest absolute Gasteiger partial charge is 0.326 e. The fourth-order valence-corrected chi connectivity index (χ4v) is 7.35. The monoisotopic (exact) mass is 1020 g/mol. The Morgan fingerprint density at radius 1 is 0.808 bits per heavy atom. The molecule has 16 N–H and O–H groups in total. The van der Waals surface area contributed by atoms with Crippen LogP contribution in [-0.2, 0) is 54.3 Å². The van der Waals surface area contributed by atoms with Crippen LogP contribution in [0.25, 0.3) is 0 Å². The van der Waals surface area contributed by atoms with E-state index in [0.717, 1.165) is 10.5 Å². The number of hydrogen-bond donors (Lipinski definition) is 12. The molecule has 7 amide bonds. The average molecular weight is 1020 g/mol. The summed E-state index contributed by atoms with van der Waals surface area (Å²) in [4.78, 5) is 130. The van der Waals surface area contributed by atoms with Crippen LogP contribution in [0.3, 0.4) is 0 Å². The highest BCUT2D eigenvalue weighted by molar-refractivity contribution is 6.00. The lowest BCUT2D eigenvalue weighted by Gasteiger charge is -2.28. The first kappa shape index (κ1) is 61.3. The van der Waals surface area contributed by atoms with Crippen molar-refractivity contribution in [3.63, 3.8) is 0 Å². The van der Waals surface area contributed by atoms with E-state index in [1.165, 1.54) is 27.0 Å². The highest BCUT2D eigenvalue weighted by Gasteiger charge is 2.35. The molecular weight excluding hydrogens is 951 g/mol. The third-order valence-corrected chi connectivity index (χ3v) is 11.7. The topological polar surface area (TPSA) is 408 Å². The van der Waals surface area contributed by atoms with Crippen molar-refractivity contribution in [3.05, 3.63) is 72.0 Å². The predicted molar refractivity (Wildman–Crippen MR) is 270 cm³/mol. The number of carboxylic acids is 2. The highest BCUT2D eigenvalue weighted by Crippen LogP contribution is 2.18. The molecule has 0 radical (unpaired) electrons. The maximum absolute atomic E-state index is 14.4. The van der Waals surface area contributed by atoms with Gasteiger partial charge in [-0.15, -0.1) is 0 Å². The average Bonchev–Trinajstić information content (AvgIpc) is 3.33. The van der Waals surface area contributed by atoms with Crippen molar-refractivity contribution in [2.45, 2.75) is 121 Å². The molecule has 1 aliphatic rings.